The Hall–Kier alpha value is -3.61. The highest BCUT2D eigenvalue weighted by Gasteiger charge is 2.29. The van der Waals surface area contributed by atoms with Crippen LogP contribution in [-0.2, 0) is 9.53 Å². The van der Waals surface area contributed by atoms with E-state index < -0.39 is 0 Å². The lowest BCUT2D eigenvalue weighted by molar-refractivity contribution is -0.149. The van der Waals surface area contributed by atoms with Crippen LogP contribution < -0.4 is 9.47 Å². The predicted octanol–water partition coefficient (Wildman–Crippen LogP) is 4.33. The Kier molecular flexibility index (Phi) is 6.77. The van der Waals surface area contributed by atoms with Gasteiger partial charge in [-0.25, -0.2) is 4.98 Å². The molecule has 0 aliphatic carbocycles. The summed E-state index contributed by atoms with van der Waals surface area (Å²) in [5.41, 5.74) is 2.85. The Labute approximate surface area is 193 Å². The van der Waals surface area contributed by atoms with Gasteiger partial charge in [0.2, 0.25) is 0 Å². The minimum Gasteiger partial charge on any atom is -0.493 e. The van der Waals surface area contributed by atoms with E-state index in [0.29, 0.717) is 55.3 Å². The van der Waals surface area contributed by atoms with Gasteiger partial charge in [-0.15, -0.1) is 0 Å². The van der Waals surface area contributed by atoms with Gasteiger partial charge in [0.25, 0.3) is 5.91 Å². The Balaban J connectivity index is 1.67. The molecule has 0 saturated carbocycles. The molecule has 1 aromatic heterocycles. The van der Waals surface area contributed by atoms with Crippen molar-refractivity contribution in [2.24, 2.45) is 5.92 Å². The second-order valence-electron chi connectivity index (χ2n) is 7.96. The van der Waals surface area contributed by atoms with E-state index in [1.54, 1.807) is 21.1 Å². The van der Waals surface area contributed by atoms with Crippen molar-refractivity contribution in [2.45, 2.75) is 19.8 Å². The quantitative estimate of drug-likeness (QED) is 0.522. The molecule has 1 aliphatic rings. The van der Waals surface area contributed by atoms with Gasteiger partial charge in [0.05, 0.1) is 43.5 Å². The molecule has 3 aromatic rings. The van der Waals surface area contributed by atoms with Crippen LogP contribution >= 0.6 is 0 Å². The fraction of sp³-hybridized carbons (Fsp3) is 0.346. The molecule has 1 aliphatic heterocycles. The number of para-hydroxylation sites is 1. The Morgan fingerprint density at radius 3 is 2.42 bits per heavy atom. The molecule has 0 radical (unpaired) electrons. The number of carbonyl (C=O) groups excluding carboxylic acids is 2. The minimum atomic E-state index is -0.172. The minimum absolute atomic E-state index is 0.0577. The van der Waals surface area contributed by atoms with E-state index in [1.165, 1.54) is 0 Å². The first-order chi connectivity index (χ1) is 16.0. The molecule has 4 rings (SSSR count). The second kappa shape index (κ2) is 9.90. The third kappa shape index (κ3) is 4.62. The summed E-state index contributed by atoms with van der Waals surface area (Å²) in [6.07, 6.45) is 1.21. The zero-order valence-corrected chi connectivity index (χ0v) is 19.2. The summed E-state index contributed by atoms with van der Waals surface area (Å²) in [5, 5.41) is 0.805. The van der Waals surface area contributed by atoms with Gasteiger partial charge in [0.15, 0.2) is 11.5 Å². The van der Waals surface area contributed by atoms with Gasteiger partial charge in [0.1, 0.15) is 0 Å². The maximum atomic E-state index is 13.6. The average molecular weight is 449 g/mol. The third-order valence-electron chi connectivity index (χ3n) is 6.03. The van der Waals surface area contributed by atoms with E-state index in [9.17, 15) is 9.59 Å². The Morgan fingerprint density at radius 1 is 1.00 bits per heavy atom. The number of carbonyl (C=O) groups is 2. The number of benzene rings is 2. The molecule has 1 amide bonds. The van der Waals surface area contributed by atoms with Crippen molar-refractivity contribution in [3.63, 3.8) is 0 Å². The molecule has 0 N–H and O–H groups in total. The van der Waals surface area contributed by atoms with Crippen LogP contribution in [0, 0.1) is 5.92 Å². The topological polar surface area (TPSA) is 78.0 Å². The summed E-state index contributed by atoms with van der Waals surface area (Å²) in [6, 6.07) is 15.1. The van der Waals surface area contributed by atoms with Crippen molar-refractivity contribution in [3.8, 4) is 22.8 Å². The van der Waals surface area contributed by atoms with Gasteiger partial charge >= 0.3 is 5.97 Å². The summed E-state index contributed by atoms with van der Waals surface area (Å²) in [7, 11) is 3.18. The number of pyridine rings is 1. The van der Waals surface area contributed by atoms with Crippen LogP contribution in [0.5, 0.6) is 11.5 Å². The number of ether oxygens (including phenoxy) is 3. The van der Waals surface area contributed by atoms with Crippen LogP contribution in [0.15, 0.2) is 48.5 Å². The number of methoxy groups -OCH3 is 2. The molecule has 1 fully saturated rings. The van der Waals surface area contributed by atoms with Crippen LogP contribution in [0.4, 0.5) is 0 Å². The molecule has 7 heteroatoms. The first-order valence-electron chi connectivity index (χ1n) is 11.1. The SMILES string of the molecule is CCOC(=O)C1CCN(C(=O)c2cc(-c3ccc(OC)c(OC)c3)nc3ccccc23)CC1. The number of fused-ring (bicyclic) bond motifs is 1. The molecular formula is C26H28N2O5. The number of aromatic nitrogens is 1. The lowest BCUT2D eigenvalue weighted by atomic mass is 9.95. The van der Waals surface area contributed by atoms with Gasteiger partial charge in [-0.3, -0.25) is 9.59 Å². The van der Waals surface area contributed by atoms with Gasteiger partial charge in [-0.05, 0) is 50.1 Å². The van der Waals surface area contributed by atoms with Gasteiger partial charge < -0.3 is 19.1 Å². The van der Waals surface area contributed by atoms with Crippen LogP contribution in [0.3, 0.4) is 0 Å². The van der Waals surface area contributed by atoms with E-state index in [1.807, 2.05) is 53.4 Å². The number of hydrogen-bond donors (Lipinski definition) is 0. The molecule has 0 atom stereocenters. The fourth-order valence-corrected chi connectivity index (χ4v) is 4.24. The van der Waals surface area contributed by atoms with Crippen molar-refractivity contribution in [1.29, 1.82) is 0 Å². The van der Waals surface area contributed by atoms with Crippen molar-refractivity contribution < 1.29 is 23.8 Å². The molecule has 2 aromatic carbocycles. The zero-order valence-electron chi connectivity index (χ0n) is 19.2. The molecule has 1 saturated heterocycles. The average Bonchev–Trinajstić information content (AvgIpc) is 2.87. The van der Waals surface area contributed by atoms with Crippen molar-refractivity contribution in [2.75, 3.05) is 33.9 Å². The van der Waals surface area contributed by atoms with Crippen molar-refractivity contribution in [3.05, 3.63) is 54.1 Å². The monoisotopic (exact) mass is 448 g/mol. The maximum Gasteiger partial charge on any atom is 0.309 e. The highest BCUT2D eigenvalue weighted by Crippen LogP contribution is 2.33. The summed E-state index contributed by atoms with van der Waals surface area (Å²) in [6.45, 7) is 3.22. The van der Waals surface area contributed by atoms with Crippen molar-refractivity contribution in [1.82, 2.24) is 9.88 Å². The summed E-state index contributed by atoms with van der Waals surface area (Å²) >= 11 is 0. The third-order valence-corrected chi connectivity index (χ3v) is 6.03. The first-order valence-corrected chi connectivity index (χ1v) is 11.1. The highest BCUT2D eigenvalue weighted by molar-refractivity contribution is 6.07. The predicted molar refractivity (Wildman–Crippen MR) is 126 cm³/mol. The Morgan fingerprint density at radius 2 is 1.73 bits per heavy atom. The van der Waals surface area contributed by atoms with Crippen LogP contribution in [0.2, 0.25) is 0 Å². The largest absolute Gasteiger partial charge is 0.493 e. The zero-order chi connectivity index (χ0) is 23.4. The molecule has 2 heterocycles. The molecule has 33 heavy (non-hydrogen) atoms. The normalized spacial score (nSPS) is 14.2. The highest BCUT2D eigenvalue weighted by atomic mass is 16.5. The number of amides is 1. The standard InChI is InChI=1S/C26H28N2O5/c1-4-33-26(30)17-11-13-28(14-12-17)25(29)20-16-22(27-21-8-6-5-7-19(20)21)18-9-10-23(31-2)24(15-18)32-3/h5-10,15-17H,4,11-14H2,1-3H3. The van der Waals surface area contributed by atoms with Crippen LogP contribution in [-0.4, -0.2) is 55.7 Å². The number of nitrogens with zero attached hydrogens (tertiary/aromatic N) is 2. The molecule has 0 bridgehead atoms. The Bertz CT molecular complexity index is 1170. The lowest BCUT2D eigenvalue weighted by Gasteiger charge is -2.31. The number of piperidine rings is 1. The van der Waals surface area contributed by atoms with Crippen molar-refractivity contribution >= 4 is 22.8 Å². The smallest absolute Gasteiger partial charge is 0.309 e. The second-order valence-corrected chi connectivity index (χ2v) is 7.96. The molecule has 172 valence electrons. The molecular weight excluding hydrogens is 420 g/mol. The van der Waals surface area contributed by atoms with Gasteiger partial charge in [0, 0.05) is 24.0 Å². The maximum absolute atomic E-state index is 13.6. The van der Waals surface area contributed by atoms with Gasteiger partial charge in [-0.1, -0.05) is 18.2 Å². The fourth-order valence-electron chi connectivity index (χ4n) is 4.24. The summed E-state index contributed by atoms with van der Waals surface area (Å²) in [5.74, 6) is 0.847. The van der Waals surface area contributed by atoms with E-state index in [0.717, 1.165) is 16.5 Å². The molecule has 0 unspecified atom stereocenters. The lowest BCUT2D eigenvalue weighted by Crippen LogP contribution is -2.40. The molecule has 0 spiro atoms. The summed E-state index contributed by atoms with van der Waals surface area (Å²) in [4.78, 5) is 32.2. The number of likely N-dealkylation sites (tertiary alicyclic amines) is 1. The van der Waals surface area contributed by atoms with E-state index >= 15 is 0 Å². The van der Waals surface area contributed by atoms with Gasteiger partial charge in [-0.2, -0.15) is 0 Å². The summed E-state index contributed by atoms with van der Waals surface area (Å²) < 4.78 is 15.9. The van der Waals surface area contributed by atoms with E-state index in [4.69, 9.17) is 19.2 Å². The van der Waals surface area contributed by atoms with Crippen LogP contribution in [0.1, 0.15) is 30.1 Å². The van der Waals surface area contributed by atoms with E-state index in [-0.39, 0.29) is 17.8 Å². The number of hydrogen-bond acceptors (Lipinski definition) is 6. The molecule has 7 nitrogen and oxygen atoms in total. The first kappa shape index (κ1) is 22.6. The number of esters is 1. The van der Waals surface area contributed by atoms with E-state index in [2.05, 4.69) is 0 Å². The number of rotatable bonds is 6. The van der Waals surface area contributed by atoms with Crippen LogP contribution in [0.25, 0.3) is 22.2 Å².